The zero-order valence-corrected chi connectivity index (χ0v) is 46.8. The first kappa shape index (κ1) is 51.8. The first-order valence-electron chi connectivity index (χ1n) is 27.9. The summed E-state index contributed by atoms with van der Waals surface area (Å²) in [7, 11) is 7.34. The quantitative estimate of drug-likeness (QED) is 0.0433. The molecule has 0 spiro atoms. The topological polar surface area (TPSA) is 36.9 Å². The van der Waals surface area contributed by atoms with Gasteiger partial charge in [0.15, 0.2) is 0 Å². The summed E-state index contributed by atoms with van der Waals surface area (Å²) in [6, 6.07) is 38.4. The third-order valence-corrected chi connectivity index (χ3v) is 16.5. The summed E-state index contributed by atoms with van der Waals surface area (Å²) in [6.07, 6.45) is 11.6. The van der Waals surface area contributed by atoms with Gasteiger partial charge in [-0.2, -0.15) is 0 Å². The van der Waals surface area contributed by atoms with Crippen molar-refractivity contribution in [3.63, 3.8) is 0 Å². The molecule has 0 bridgehead atoms. The molecule has 0 heterocycles. The normalized spacial score (nSPS) is 12.8. The van der Waals surface area contributed by atoms with Crippen molar-refractivity contribution in [2.24, 2.45) is 0 Å². The lowest BCUT2D eigenvalue weighted by molar-refractivity contribution is 0.180. The van der Waals surface area contributed by atoms with E-state index in [0.717, 1.165) is 25.7 Å². The molecule has 10 aromatic carbocycles. The van der Waals surface area contributed by atoms with Crippen molar-refractivity contribution < 1.29 is 18.9 Å². The fraction of sp³-hybridized carbons (Fsp3) is 0.400. The second kappa shape index (κ2) is 21.2. The van der Waals surface area contributed by atoms with Crippen LogP contribution in [0.4, 0.5) is 0 Å². The van der Waals surface area contributed by atoms with Gasteiger partial charge in [-0.1, -0.05) is 191 Å². The van der Waals surface area contributed by atoms with Crippen molar-refractivity contribution in [1.29, 1.82) is 0 Å². The fourth-order valence-electron chi connectivity index (χ4n) is 13.1. The van der Waals surface area contributed by atoms with Crippen molar-refractivity contribution in [2.45, 2.75) is 157 Å². The summed E-state index contributed by atoms with van der Waals surface area (Å²) in [5, 5.41) is 19.1. The molecular weight excluding hydrogens is 905 g/mol. The molecule has 10 aromatic rings. The predicted molar refractivity (Wildman–Crippen MR) is 318 cm³/mol. The highest BCUT2D eigenvalue weighted by atomic mass is 16.5. The molecule has 0 radical (unpaired) electrons. The molecule has 0 aliphatic heterocycles. The Morgan fingerprint density at radius 3 is 0.946 bits per heavy atom. The lowest BCUT2D eigenvalue weighted by Crippen LogP contribution is -2.14. The molecule has 4 nitrogen and oxygen atoms in total. The molecule has 0 amide bonds. The van der Waals surface area contributed by atoms with Crippen LogP contribution in [-0.2, 0) is 69.0 Å². The van der Waals surface area contributed by atoms with E-state index < -0.39 is 0 Å². The summed E-state index contributed by atoms with van der Waals surface area (Å²) in [4.78, 5) is 0. The molecule has 0 unspecified atom stereocenters. The third kappa shape index (κ3) is 8.92. The first-order valence-corrected chi connectivity index (χ1v) is 27.9. The Morgan fingerprint density at radius 1 is 0.324 bits per heavy atom. The molecule has 10 rings (SSSR count). The minimum absolute atomic E-state index is 0.0583. The number of methoxy groups -OCH3 is 4. The van der Waals surface area contributed by atoms with E-state index in [9.17, 15) is 0 Å². The Bertz CT molecular complexity index is 3360. The van der Waals surface area contributed by atoms with Crippen LogP contribution in [-0.4, -0.2) is 28.4 Å². The Kier molecular flexibility index (Phi) is 14.8. The molecule has 0 aliphatic carbocycles. The van der Waals surface area contributed by atoms with Crippen LogP contribution >= 0.6 is 0 Å². The van der Waals surface area contributed by atoms with Crippen molar-refractivity contribution in [3.05, 3.63) is 142 Å². The molecule has 0 saturated carbocycles. The van der Waals surface area contributed by atoms with E-state index in [1.165, 1.54) is 181 Å². The minimum Gasteiger partial charge on any atom is -0.380 e. The lowest BCUT2D eigenvalue weighted by Gasteiger charge is -2.29. The summed E-state index contributed by atoms with van der Waals surface area (Å²) < 4.78 is 24.6. The molecule has 4 heteroatoms. The maximum absolute atomic E-state index is 6.16. The average molecular weight is 985 g/mol. The van der Waals surface area contributed by atoms with Crippen LogP contribution in [0.3, 0.4) is 0 Å². The second-order valence-electron chi connectivity index (χ2n) is 23.6. The van der Waals surface area contributed by atoms with Gasteiger partial charge in [-0.3, -0.25) is 0 Å². The Balaban J connectivity index is 1.48. The highest BCUT2D eigenvalue weighted by molar-refractivity contribution is 6.45. The summed E-state index contributed by atoms with van der Waals surface area (Å²) >= 11 is 0. The number of hydrogen-bond acceptors (Lipinski definition) is 4. The lowest BCUT2D eigenvalue weighted by atomic mass is 9.74. The average Bonchev–Trinajstić information content (AvgIpc) is 3.44. The number of ether oxygens (including phenoxy) is 4. The van der Waals surface area contributed by atoms with Crippen molar-refractivity contribution >= 4 is 75.4 Å². The van der Waals surface area contributed by atoms with Gasteiger partial charge in [-0.15, -0.1) is 0 Å². The third-order valence-electron chi connectivity index (χ3n) is 16.5. The van der Waals surface area contributed by atoms with Gasteiger partial charge < -0.3 is 18.9 Å². The smallest absolute Gasteiger partial charge is 0.0719 e. The number of rotatable bonds is 20. The van der Waals surface area contributed by atoms with Gasteiger partial charge in [0.2, 0.25) is 0 Å². The van der Waals surface area contributed by atoms with E-state index in [1.54, 1.807) is 0 Å². The van der Waals surface area contributed by atoms with E-state index in [-0.39, 0.29) is 10.8 Å². The SMILES string of the molecule is CCCCCCc1c2ccc3c(-c4c(COC)cc(C(C)(C)C)cc4COC)c4ccccc4c4c(CCCCCC)c5ccc6c(-c7c(COC)cc(C(C)(C)C)cc7COC)c7ccccc7c1c6c5c2c34. The monoisotopic (exact) mass is 985 g/mol. The van der Waals surface area contributed by atoms with E-state index in [2.05, 4.69) is 152 Å². The number of fused-ring (bicyclic) bond motifs is 4. The Hall–Kier alpha value is -5.62. The summed E-state index contributed by atoms with van der Waals surface area (Å²) in [5.41, 5.74) is 15.3. The Labute approximate surface area is 441 Å². The van der Waals surface area contributed by atoms with Gasteiger partial charge in [-0.25, -0.2) is 0 Å². The van der Waals surface area contributed by atoms with E-state index in [4.69, 9.17) is 18.9 Å². The van der Waals surface area contributed by atoms with Gasteiger partial charge in [0.25, 0.3) is 0 Å². The molecule has 0 fully saturated rings. The van der Waals surface area contributed by atoms with Crippen LogP contribution in [0.2, 0.25) is 0 Å². The highest BCUT2D eigenvalue weighted by Gasteiger charge is 2.31. The summed E-state index contributed by atoms with van der Waals surface area (Å²) in [6.45, 7) is 20.5. The maximum Gasteiger partial charge on any atom is 0.0719 e. The first-order chi connectivity index (χ1) is 35.8. The fourth-order valence-corrected chi connectivity index (χ4v) is 13.1. The van der Waals surface area contributed by atoms with E-state index in [0.29, 0.717) is 26.4 Å². The van der Waals surface area contributed by atoms with Crippen LogP contribution in [0.25, 0.3) is 97.7 Å². The van der Waals surface area contributed by atoms with Crippen molar-refractivity contribution in [2.75, 3.05) is 28.4 Å². The molecular formula is C70H80O4. The van der Waals surface area contributed by atoms with E-state index >= 15 is 0 Å². The maximum atomic E-state index is 6.16. The van der Waals surface area contributed by atoms with Gasteiger partial charge in [0, 0.05) is 28.4 Å². The molecule has 0 atom stereocenters. The van der Waals surface area contributed by atoms with Crippen molar-refractivity contribution in [1.82, 2.24) is 0 Å². The Morgan fingerprint density at radius 2 is 0.635 bits per heavy atom. The van der Waals surface area contributed by atoms with Crippen LogP contribution in [0.1, 0.15) is 151 Å². The molecule has 74 heavy (non-hydrogen) atoms. The number of aryl methyl sites for hydroxylation is 2. The predicted octanol–water partition coefficient (Wildman–Crippen LogP) is 19.4. The van der Waals surface area contributed by atoms with Gasteiger partial charge in [0.05, 0.1) is 26.4 Å². The van der Waals surface area contributed by atoms with Crippen LogP contribution in [0, 0.1) is 0 Å². The van der Waals surface area contributed by atoms with Gasteiger partial charge in [0.1, 0.15) is 0 Å². The molecule has 0 N–H and O–H groups in total. The standard InChI is InChI=1S/C70H80O4/c1-13-15-17-19-25-53-55-31-33-58-64(60-45(41-73-11)37-48(70(6,7)8)38-46(60)42-74-12)52-30-24-22-28-50(52)62-54(26-20-18-16-14-2)56-32-34-57-63(59-43(39-71-9)35-47(69(3,4)5)36-44(59)40-72-10)51-29-23-21-27-49(51)61(53)67(57)66(56)65(55)68(58)62/h21-24,27-38H,13-20,25-26,39-42H2,1-12H3. The van der Waals surface area contributed by atoms with Gasteiger partial charge >= 0.3 is 0 Å². The molecule has 0 aliphatic rings. The van der Waals surface area contributed by atoms with Crippen LogP contribution in [0.15, 0.2) is 97.1 Å². The number of hydrogen-bond donors (Lipinski definition) is 0. The molecule has 0 saturated heterocycles. The molecule has 0 aromatic heterocycles. The largest absolute Gasteiger partial charge is 0.380 e. The van der Waals surface area contributed by atoms with Crippen LogP contribution < -0.4 is 0 Å². The summed E-state index contributed by atoms with van der Waals surface area (Å²) in [5.74, 6) is 0. The van der Waals surface area contributed by atoms with Gasteiger partial charge in [-0.05, 0) is 179 Å². The minimum atomic E-state index is -0.0583. The number of unbranched alkanes of at least 4 members (excludes halogenated alkanes) is 6. The van der Waals surface area contributed by atoms with Crippen molar-refractivity contribution in [3.8, 4) is 22.3 Å². The number of benzene rings is 10. The second-order valence-corrected chi connectivity index (χ2v) is 23.6. The van der Waals surface area contributed by atoms with Crippen LogP contribution in [0.5, 0.6) is 0 Å². The van der Waals surface area contributed by atoms with E-state index in [1.807, 2.05) is 28.4 Å². The zero-order valence-electron chi connectivity index (χ0n) is 46.8. The highest BCUT2D eigenvalue weighted by Crippen LogP contribution is 2.56. The zero-order chi connectivity index (χ0) is 52.1. The molecule has 384 valence electrons.